The zero-order chi connectivity index (χ0) is 22.1. The first-order valence-electron chi connectivity index (χ1n) is 9.99. The number of nitrogens with one attached hydrogen (secondary N) is 2. The number of anilines is 1. The maximum absolute atomic E-state index is 14.8. The Balaban J connectivity index is 1.60. The van der Waals surface area contributed by atoms with Crippen LogP contribution in [0.4, 0.5) is 24.7 Å². The van der Waals surface area contributed by atoms with Crippen molar-refractivity contribution in [3.05, 3.63) is 59.4 Å². The number of fused-ring (bicyclic) bond motifs is 3. The van der Waals surface area contributed by atoms with Crippen molar-refractivity contribution in [2.45, 2.75) is 6.42 Å². The molecule has 10 heteroatoms. The summed E-state index contributed by atoms with van der Waals surface area (Å²) in [5.74, 6) is -1.69. The highest BCUT2D eigenvalue weighted by Gasteiger charge is 2.25. The van der Waals surface area contributed by atoms with Gasteiger partial charge in [0.25, 0.3) is 0 Å². The van der Waals surface area contributed by atoms with Crippen molar-refractivity contribution in [3.63, 3.8) is 0 Å². The van der Waals surface area contributed by atoms with Gasteiger partial charge in [-0.3, -0.25) is 5.10 Å². The molecule has 2 aromatic heterocycles. The molecule has 1 aromatic carbocycles. The number of amidine groups is 1. The van der Waals surface area contributed by atoms with Crippen LogP contribution in [0.3, 0.4) is 0 Å². The smallest absolute Gasteiger partial charge is 0.163 e. The number of aliphatic imine (C=N–C) groups is 1. The van der Waals surface area contributed by atoms with Gasteiger partial charge in [0.05, 0.1) is 36.4 Å². The molecule has 0 spiro atoms. The molecule has 7 nitrogen and oxygen atoms in total. The molecule has 0 saturated carbocycles. The molecule has 0 aliphatic carbocycles. The number of pyridine rings is 1. The van der Waals surface area contributed by atoms with Crippen molar-refractivity contribution in [2.24, 2.45) is 4.99 Å². The number of hydrogen-bond acceptors (Lipinski definition) is 6. The molecule has 0 radical (unpaired) electrons. The fourth-order valence-corrected chi connectivity index (χ4v) is 3.68. The number of H-pyrrole nitrogens is 1. The van der Waals surface area contributed by atoms with Crippen LogP contribution in [0.1, 0.15) is 17.5 Å². The zero-order valence-electron chi connectivity index (χ0n) is 16.8. The minimum Gasteiger partial charge on any atom is -0.491 e. The van der Waals surface area contributed by atoms with E-state index in [0.29, 0.717) is 30.2 Å². The summed E-state index contributed by atoms with van der Waals surface area (Å²) < 4.78 is 52.4. The van der Waals surface area contributed by atoms with Crippen LogP contribution >= 0.6 is 0 Å². The molecule has 2 aliphatic rings. The van der Waals surface area contributed by atoms with Crippen LogP contribution in [0, 0.1) is 11.6 Å². The third kappa shape index (κ3) is 3.73. The Bertz CT molecular complexity index is 1220. The van der Waals surface area contributed by atoms with Gasteiger partial charge in [-0.05, 0) is 23.6 Å². The van der Waals surface area contributed by atoms with Gasteiger partial charge in [0, 0.05) is 23.9 Å². The lowest BCUT2D eigenvalue weighted by molar-refractivity contribution is 0.161. The molecule has 2 aliphatic heterocycles. The summed E-state index contributed by atoms with van der Waals surface area (Å²) in [6, 6.07) is 3.91. The van der Waals surface area contributed by atoms with Gasteiger partial charge in [0.15, 0.2) is 5.82 Å². The van der Waals surface area contributed by atoms with Crippen molar-refractivity contribution < 1.29 is 22.6 Å². The molecule has 5 rings (SSSR count). The first-order valence-corrected chi connectivity index (χ1v) is 9.99. The third-order valence-corrected chi connectivity index (χ3v) is 5.18. The van der Waals surface area contributed by atoms with Crippen molar-refractivity contribution in [2.75, 3.05) is 31.8 Å². The Hall–Kier alpha value is -3.66. The van der Waals surface area contributed by atoms with E-state index < -0.39 is 18.3 Å². The Morgan fingerprint density at radius 2 is 1.97 bits per heavy atom. The maximum atomic E-state index is 14.8. The summed E-state index contributed by atoms with van der Waals surface area (Å²) in [6.45, 7) is 0.107. The standard InChI is InChI=1S/C22H18F3N5O2/c23-3-6-32-14-8-16(24)19(17(25)9-14)22-28-18-11-27-30-20(18)15-7-13(10-26-21(15)29-22)12-1-4-31-5-2-12/h1,7-11H,2-6H2,(H,27,30)(H,26,28,29). The summed E-state index contributed by atoms with van der Waals surface area (Å²) in [5, 5.41) is 9.91. The number of alkyl halides is 1. The highest BCUT2D eigenvalue weighted by atomic mass is 19.1. The quantitative estimate of drug-likeness (QED) is 0.613. The lowest BCUT2D eigenvalue weighted by atomic mass is 10.0. The molecular formula is C22H18F3N5O2. The summed E-state index contributed by atoms with van der Waals surface area (Å²) in [7, 11) is 0. The Morgan fingerprint density at radius 3 is 2.72 bits per heavy atom. The molecule has 0 unspecified atom stereocenters. The average Bonchev–Trinajstić information content (AvgIpc) is 3.20. The molecule has 0 bridgehead atoms. The monoisotopic (exact) mass is 441 g/mol. The van der Waals surface area contributed by atoms with Crippen LogP contribution in [0.15, 0.2) is 41.7 Å². The summed E-state index contributed by atoms with van der Waals surface area (Å²) >= 11 is 0. The van der Waals surface area contributed by atoms with Gasteiger partial charge in [-0.1, -0.05) is 6.08 Å². The molecule has 32 heavy (non-hydrogen) atoms. The summed E-state index contributed by atoms with van der Waals surface area (Å²) in [6.07, 6.45) is 5.95. The number of aromatic amines is 1. The van der Waals surface area contributed by atoms with Gasteiger partial charge in [0.2, 0.25) is 0 Å². The van der Waals surface area contributed by atoms with E-state index >= 15 is 0 Å². The Kier molecular flexibility index (Phi) is 5.36. The largest absolute Gasteiger partial charge is 0.491 e. The van der Waals surface area contributed by atoms with Crippen molar-refractivity contribution in [1.82, 2.24) is 15.2 Å². The van der Waals surface area contributed by atoms with Crippen molar-refractivity contribution in [1.29, 1.82) is 0 Å². The Labute approximate surface area is 181 Å². The van der Waals surface area contributed by atoms with Crippen LogP contribution in [0.2, 0.25) is 0 Å². The van der Waals surface area contributed by atoms with E-state index in [-0.39, 0.29) is 29.6 Å². The fraction of sp³-hybridized carbons (Fsp3) is 0.227. The van der Waals surface area contributed by atoms with Crippen LogP contribution in [0.5, 0.6) is 5.75 Å². The van der Waals surface area contributed by atoms with Gasteiger partial charge in [-0.15, -0.1) is 0 Å². The molecule has 2 N–H and O–H groups in total. The SMILES string of the molecule is FCCOc1cc(F)c(C2=Nc3ncc(C4=CCOCC4)cc3-c3[nH]ncc3N2)c(F)c1. The van der Waals surface area contributed by atoms with Gasteiger partial charge in [0.1, 0.15) is 36.5 Å². The molecule has 0 atom stereocenters. The molecule has 164 valence electrons. The summed E-state index contributed by atoms with van der Waals surface area (Å²) in [4.78, 5) is 8.88. The lowest BCUT2D eigenvalue weighted by Gasteiger charge is -2.14. The first-order chi connectivity index (χ1) is 15.6. The number of hydrogen-bond donors (Lipinski definition) is 2. The average molecular weight is 441 g/mol. The third-order valence-electron chi connectivity index (χ3n) is 5.18. The van der Waals surface area contributed by atoms with Crippen molar-refractivity contribution >= 4 is 22.9 Å². The van der Waals surface area contributed by atoms with E-state index in [1.54, 1.807) is 6.20 Å². The Morgan fingerprint density at radius 1 is 1.12 bits per heavy atom. The van der Waals surface area contributed by atoms with Gasteiger partial charge < -0.3 is 14.8 Å². The van der Waals surface area contributed by atoms with E-state index in [9.17, 15) is 13.2 Å². The number of ether oxygens (including phenoxy) is 2. The topological polar surface area (TPSA) is 84.4 Å². The van der Waals surface area contributed by atoms with E-state index in [1.807, 2.05) is 12.1 Å². The number of nitrogens with zero attached hydrogens (tertiary/aromatic N) is 3. The van der Waals surface area contributed by atoms with Crippen molar-refractivity contribution in [3.8, 4) is 17.0 Å². The zero-order valence-corrected chi connectivity index (χ0v) is 16.8. The highest BCUT2D eigenvalue weighted by molar-refractivity contribution is 6.13. The number of aromatic nitrogens is 3. The number of rotatable bonds is 5. The van der Waals surface area contributed by atoms with Gasteiger partial charge in [-0.25, -0.2) is 23.1 Å². The van der Waals surface area contributed by atoms with E-state index in [1.165, 1.54) is 6.20 Å². The highest BCUT2D eigenvalue weighted by Crippen LogP contribution is 2.38. The van der Waals surface area contributed by atoms with Crippen LogP contribution < -0.4 is 10.1 Å². The molecule has 0 saturated heterocycles. The second-order valence-corrected chi connectivity index (χ2v) is 7.19. The van der Waals surface area contributed by atoms with E-state index in [2.05, 4.69) is 25.5 Å². The van der Waals surface area contributed by atoms with Crippen LogP contribution in [-0.2, 0) is 4.74 Å². The molecular weight excluding hydrogens is 423 g/mol. The number of benzene rings is 1. The van der Waals surface area contributed by atoms with Gasteiger partial charge in [-0.2, -0.15) is 5.10 Å². The minimum atomic E-state index is -0.900. The maximum Gasteiger partial charge on any atom is 0.163 e. The van der Waals surface area contributed by atoms with Crippen LogP contribution in [-0.4, -0.2) is 47.5 Å². The van der Waals surface area contributed by atoms with E-state index in [4.69, 9.17) is 9.47 Å². The van der Waals surface area contributed by atoms with Crippen LogP contribution in [0.25, 0.3) is 16.8 Å². The second kappa shape index (κ2) is 8.46. The predicted molar refractivity (Wildman–Crippen MR) is 113 cm³/mol. The molecule has 0 amide bonds. The second-order valence-electron chi connectivity index (χ2n) is 7.19. The van der Waals surface area contributed by atoms with Gasteiger partial charge >= 0.3 is 0 Å². The molecule has 0 fully saturated rings. The predicted octanol–water partition coefficient (Wildman–Crippen LogP) is 4.41. The number of halogens is 3. The molecule has 3 aromatic rings. The molecule has 4 heterocycles. The van der Waals surface area contributed by atoms with E-state index in [0.717, 1.165) is 29.7 Å². The summed E-state index contributed by atoms with van der Waals surface area (Å²) in [5.41, 5.74) is 3.39. The first kappa shape index (κ1) is 20.3. The minimum absolute atomic E-state index is 0.0658. The lowest BCUT2D eigenvalue weighted by Crippen LogP contribution is -2.17. The fourth-order valence-electron chi connectivity index (χ4n) is 3.68. The normalized spacial score (nSPS) is 15.1.